The number of carboxylic acids is 1. The van der Waals surface area contributed by atoms with E-state index in [9.17, 15) is 19.5 Å². The highest BCUT2D eigenvalue weighted by Crippen LogP contribution is 2.16. The van der Waals surface area contributed by atoms with Crippen molar-refractivity contribution in [3.8, 4) is 5.75 Å². The minimum absolute atomic E-state index is 0.0610. The van der Waals surface area contributed by atoms with E-state index in [4.69, 9.17) is 9.47 Å². The molecule has 2 atom stereocenters. The number of nitrogens with one attached hydrogen (secondary N) is 2. The minimum Gasteiger partial charge on any atom is -0.489 e. The predicted octanol–water partition coefficient (Wildman–Crippen LogP) is 4.72. The van der Waals surface area contributed by atoms with E-state index in [2.05, 4.69) is 10.6 Å². The molecule has 0 fully saturated rings. The monoisotopic (exact) mass is 518 g/mol. The van der Waals surface area contributed by atoms with Crippen molar-refractivity contribution in [1.82, 2.24) is 10.6 Å². The molecule has 8 heteroatoms. The summed E-state index contributed by atoms with van der Waals surface area (Å²) in [4.78, 5) is 37.3. The largest absolute Gasteiger partial charge is 0.489 e. The molecule has 200 valence electrons. The number of carbonyl (C=O) groups is 3. The number of carboxylic acid groups (broad SMARTS) is 1. The zero-order valence-corrected chi connectivity index (χ0v) is 21.6. The number of rotatable bonds is 13. The van der Waals surface area contributed by atoms with Crippen molar-refractivity contribution in [2.24, 2.45) is 5.92 Å². The third kappa shape index (κ3) is 9.61. The van der Waals surface area contributed by atoms with Crippen LogP contribution in [0.25, 0.3) is 0 Å². The fourth-order valence-corrected chi connectivity index (χ4v) is 3.78. The number of alkyl carbamates (subject to hydrolysis) is 1. The quantitative estimate of drug-likeness (QED) is 0.302. The van der Waals surface area contributed by atoms with Crippen LogP contribution in [0.3, 0.4) is 0 Å². The second-order valence-electron chi connectivity index (χ2n) is 9.41. The number of aliphatic carboxylic acids is 1. The molecule has 0 bridgehead atoms. The Morgan fingerprint density at radius 1 is 0.737 bits per heavy atom. The SMILES string of the molecule is CC(C)C[C@H](NC(=O)OCc1ccccc1)C(=O)N[C@@H](Cc1ccc(OCc2ccccc2)cc1)C(=O)O. The molecule has 3 aromatic rings. The van der Waals surface area contributed by atoms with E-state index in [0.717, 1.165) is 16.7 Å². The highest BCUT2D eigenvalue weighted by Gasteiger charge is 2.28. The Hall–Kier alpha value is -4.33. The molecular formula is C30H34N2O6. The van der Waals surface area contributed by atoms with E-state index in [0.29, 0.717) is 18.8 Å². The molecule has 0 aliphatic carbocycles. The maximum Gasteiger partial charge on any atom is 0.408 e. The molecule has 8 nitrogen and oxygen atoms in total. The van der Waals surface area contributed by atoms with Gasteiger partial charge in [-0.15, -0.1) is 0 Å². The van der Waals surface area contributed by atoms with Crippen molar-refractivity contribution < 1.29 is 29.0 Å². The van der Waals surface area contributed by atoms with Crippen molar-refractivity contribution in [2.75, 3.05) is 0 Å². The fourth-order valence-electron chi connectivity index (χ4n) is 3.78. The molecule has 0 aliphatic rings. The normalized spacial score (nSPS) is 12.3. The number of benzene rings is 3. The van der Waals surface area contributed by atoms with Crippen molar-refractivity contribution in [3.05, 3.63) is 102 Å². The van der Waals surface area contributed by atoms with E-state index in [1.165, 1.54) is 0 Å². The van der Waals surface area contributed by atoms with E-state index in [1.807, 2.05) is 74.5 Å². The Balaban J connectivity index is 1.56. The molecule has 2 amide bonds. The zero-order valence-electron chi connectivity index (χ0n) is 21.6. The van der Waals surface area contributed by atoms with Crippen LogP contribution in [0.4, 0.5) is 4.79 Å². The Labute approximate surface area is 223 Å². The van der Waals surface area contributed by atoms with Gasteiger partial charge in [-0.1, -0.05) is 86.6 Å². The average Bonchev–Trinajstić information content (AvgIpc) is 2.91. The standard InChI is InChI=1S/C30H34N2O6/c1-21(2)17-26(32-30(36)38-20-24-11-7-4-8-12-24)28(33)31-27(29(34)35)18-22-13-15-25(16-14-22)37-19-23-9-5-3-6-10-23/h3-16,21,26-27H,17-20H2,1-2H3,(H,31,33)(H,32,36)(H,34,35)/t26-,27-/m0/s1. The summed E-state index contributed by atoms with van der Waals surface area (Å²) in [5, 5.41) is 14.9. The molecule has 0 heterocycles. The summed E-state index contributed by atoms with van der Waals surface area (Å²) in [6, 6.07) is 23.9. The van der Waals surface area contributed by atoms with Crippen LogP contribution in [0.2, 0.25) is 0 Å². The van der Waals surface area contributed by atoms with E-state index < -0.39 is 30.1 Å². The van der Waals surface area contributed by atoms with Crippen LogP contribution in [0.15, 0.2) is 84.9 Å². The smallest absolute Gasteiger partial charge is 0.408 e. The average molecular weight is 519 g/mol. The van der Waals surface area contributed by atoms with Gasteiger partial charge in [0.15, 0.2) is 0 Å². The van der Waals surface area contributed by atoms with E-state index in [1.54, 1.807) is 24.3 Å². The van der Waals surface area contributed by atoms with Gasteiger partial charge < -0.3 is 25.2 Å². The van der Waals surface area contributed by atoms with Crippen LogP contribution in [-0.2, 0) is 34.0 Å². The summed E-state index contributed by atoms with van der Waals surface area (Å²) in [5.41, 5.74) is 2.58. The summed E-state index contributed by atoms with van der Waals surface area (Å²) in [5.74, 6) is -1.01. The van der Waals surface area contributed by atoms with Crippen LogP contribution in [0, 0.1) is 5.92 Å². The van der Waals surface area contributed by atoms with Gasteiger partial charge >= 0.3 is 12.1 Å². The summed E-state index contributed by atoms with van der Waals surface area (Å²) >= 11 is 0. The van der Waals surface area contributed by atoms with Gasteiger partial charge in [0.2, 0.25) is 5.91 Å². The number of ether oxygens (including phenoxy) is 2. The number of hydrogen-bond donors (Lipinski definition) is 3. The maximum atomic E-state index is 13.0. The third-order valence-electron chi connectivity index (χ3n) is 5.75. The fraction of sp³-hybridized carbons (Fsp3) is 0.300. The highest BCUT2D eigenvalue weighted by molar-refractivity contribution is 5.89. The topological polar surface area (TPSA) is 114 Å². The lowest BCUT2D eigenvalue weighted by atomic mass is 10.0. The highest BCUT2D eigenvalue weighted by atomic mass is 16.5. The maximum absolute atomic E-state index is 13.0. The van der Waals surface area contributed by atoms with Gasteiger partial charge in [0, 0.05) is 6.42 Å². The lowest BCUT2D eigenvalue weighted by Gasteiger charge is -2.22. The zero-order chi connectivity index (χ0) is 27.3. The van der Waals surface area contributed by atoms with Crippen LogP contribution in [0.1, 0.15) is 37.0 Å². The third-order valence-corrected chi connectivity index (χ3v) is 5.75. The summed E-state index contributed by atoms with van der Waals surface area (Å²) in [6.07, 6.45) is -0.341. The number of carbonyl (C=O) groups excluding carboxylic acids is 2. The molecule has 3 rings (SSSR count). The molecular weight excluding hydrogens is 484 g/mol. The Morgan fingerprint density at radius 3 is 1.87 bits per heavy atom. The molecule has 0 saturated heterocycles. The first kappa shape index (κ1) is 28.2. The molecule has 0 spiro atoms. The van der Waals surface area contributed by atoms with Crippen LogP contribution < -0.4 is 15.4 Å². The lowest BCUT2D eigenvalue weighted by molar-refractivity contribution is -0.142. The first-order chi connectivity index (χ1) is 18.3. The van der Waals surface area contributed by atoms with Gasteiger partial charge in [0.05, 0.1) is 0 Å². The summed E-state index contributed by atoms with van der Waals surface area (Å²) < 4.78 is 11.0. The lowest BCUT2D eigenvalue weighted by Crippen LogP contribution is -2.52. The van der Waals surface area contributed by atoms with Gasteiger partial charge in [-0.05, 0) is 41.2 Å². The number of hydrogen-bond acceptors (Lipinski definition) is 5. The molecule has 38 heavy (non-hydrogen) atoms. The van der Waals surface area contributed by atoms with Gasteiger partial charge in [-0.25, -0.2) is 9.59 Å². The van der Waals surface area contributed by atoms with Gasteiger partial charge in [-0.2, -0.15) is 0 Å². The Bertz CT molecular complexity index is 1170. The predicted molar refractivity (Wildman–Crippen MR) is 143 cm³/mol. The van der Waals surface area contributed by atoms with Crippen molar-refractivity contribution in [2.45, 2.75) is 52.0 Å². The molecule has 0 saturated carbocycles. The van der Waals surface area contributed by atoms with Gasteiger partial charge in [-0.3, -0.25) is 4.79 Å². The molecule has 3 aromatic carbocycles. The minimum atomic E-state index is -1.17. The van der Waals surface area contributed by atoms with Crippen LogP contribution in [-0.4, -0.2) is 35.2 Å². The molecule has 0 aromatic heterocycles. The summed E-state index contributed by atoms with van der Waals surface area (Å²) in [7, 11) is 0. The van der Waals surface area contributed by atoms with Crippen molar-refractivity contribution >= 4 is 18.0 Å². The number of amides is 2. The van der Waals surface area contributed by atoms with Crippen LogP contribution >= 0.6 is 0 Å². The molecule has 0 unspecified atom stereocenters. The van der Waals surface area contributed by atoms with Crippen LogP contribution in [0.5, 0.6) is 5.75 Å². The second kappa shape index (κ2) is 14.4. The molecule has 3 N–H and O–H groups in total. The first-order valence-electron chi connectivity index (χ1n) is 12.6. The van der Waals surface area contributed by atoms with E-state index in [-0.39, 0.29) is 18.9 Å². The van der Waals surface area contributed by atoms with Crippen molar-refractivity contribution in [3.63, 3.8) is 0 Å². The first-order valence-corrected chi connectivity index (χ1v) is 12.6. The Morgan fingerprint density at radius 2 is 1.32 bits per heavy atom. The van der Waals surface area contributed by atoms with Gasteiger partial charge in [0.1, 0.15) is 31.0 Å². The van der Waals surface area contributed by atoms with Crippen molar-refractivity contribution in [1.29, 1.82) is 0 Å². The molecule has 0 radical (unpaired) electrons. The van der Waals surface area contributed by atoms with E-state index >= 15 is 0 Å². The second-order valence-corrected chi connectivity index (χ2v) is 9.41. The molecule has 0 aliphatic heterocycles. The summed E-state index contributed by atoms with van der Waals surface area (Å²) in [6.45, 7) is 4.30. The van der Waals surface area contributed by atoms with Gasteiger partial charge in [0.25, 0.3) is 0 Å². The Kier molecular flexibility index (Phi) is 10.7.